The van der Waals surface area contributed by atoms with Gasteiger partial charge in [0.1, 0.15) is 0 Å². The van der Waals surface area contributed by atoms with Gasteiger partial charge < -0.3 is 13.8 Å². The van der Waals surface area contributed by atoms with Crippen molar-refractivity contribution in [2.75, 3.05) is 32.8 Å². The lowest BCUT2D eigenvalue weighted by molar-refractivity contribution is 0.0365. The Kier molecular flexibility index (Phi) is 5.66. The molecular formula is C23H23BrN4O2. The van der Waals surface area contributed by atoms with E-state index in [1.165, 1.54) is 5.52 Å². The molecule has 3 heterocycles. The van der Waals surface area contributed by atoms with Gasteiger partial charge in [0.15, 0.2) is 5.82 Å². The zero-order valence-electron chi connectivity index (χ0n) is 16.6. The van der Waals surface area contributed by atoms with Crippen molar-refractivity contribution in [2.45, 2.75) is 13.0 Å². The fraction of sp³-hybridized carbons (Fsp3) is 0.304. The van der Waals surface area contributed by atoms with Crippen LogP contribution in [0.5, 0.6) is 0 Å². The normalized spacial score (nSPS) is 15.1. The van der Waals surface area contributed by atoms with E-state index in [2.05, 4.69) is 78.1 Å². The Balaban J connectivity index is 1.39. The molecule has 0 saturated carbocycles. The number of morpholine rings is 1. The Labute approximate surface area is 183 Å². The highest BCUT2D eigenvalue weighted by Crippen LogP contribution is 2.30. The van der Waals surface area contributed by atoms with Crippen molar-refractivity contribution in [3.05, 3.63) is 70.6 Å². The van der Waals surface area contributed by atoms with E-state index in [0.29, 0.717) is 18.1 Å². The molecular weight excluding hydrogens is 444 g/mol. The summed E-state index contributed by atoms with van der Waals surface area (Å²) >= 11 is 3.47. The highest BCUT2D eigenvalue weighted by molar-refractivity contribution is 9.10. The lowest BCUT2D eigenvalue weighted by Crippen LogP contribution is -2.38. The topological polar surface area (TPSA) is 56.3 Å². The number of nitrogens with zero attached hydrogens (tertiary/aromatic N) is 4. The zero-order chi connectivity index (χ0) is 20.3. The Morgan fingerprint density at radius 2 is 1.77 bits per heavy atom. The summed E-state index contributed by atoms with van der Waals surface area (Å²) in [5.74, 6) is 1.26. The van der Waals surface area contributed by atoms with E-state index in [9.17, 15) is 0 Å². The number of benzene rings is 2. The van der Waals surface area contributed by atoms with Gasteiger partial charge in [-0.1, -0.05) is 51.4 Å². The molecule has 1 aliphatic heterocycles. The van der Waals surface area contributed by atoms with Gasteiger partial charge in [0, 0.05) is 54.2 Å². The van der Waals surface area contributed by atoms with Crippen LogP contribution in [-0.2, 0) is 17.7 Å². The van der Waals surface area contributed by atoms with E-state index in [1.807, 2.05) is 12.1 Å². The molecule has 2 aromatic heterocycles. The largest absolute Gasteiger partial charge is 0.379 e. The first-order valence-corrected chi connectivity index (χ1v) is 11.0. The highest BCUT2D eigenvalue weighted by Gasteiger charge is 2.17. The Hall–Kier alpha value is -2.48. The van der Waals surface area contributed by atoms with E-state index in [0.717, 1.165) is 60.4 Å². The van der Waals surface area contributed by atoms with Crippen LogP contribution in [0.1, 0.15) is 11.4 Å². The number of aromatic nitrogens is 3. The molecule has 0 spiro atoms. The Morgan fingerprint density at radius 3 is 2.60 bits per heavy atom. The molecule has 0 unspecified atom stereocenters. The number of rotatable bonds is 6. The van der Waals surface area contributed by atoms with Crippen molar-refractivity contribution in [1.29, 1.82) is 0 Å². The zero-order valence-corrected chi connectivity index (χ0v) is 18.2. The predicted molar refractivity (Wildman–Crippen MR) is 119 cm³/mol. The molecule has 0 N–H and O–H groups in total. The molecule has 2 aromatic carbocycles. The van der Waals surface area contributed by atoms with Crippen LogP contribution in [0.15, 0.2) is 63.7 Å². The second-order valence-corrected chi connectivity index (χ2v) is 8.44. The molecule has 6 nitrogen and oxygen atoms in total. The fourth-order valence-electron chi connectivity index (χ4n) is 3.90. The van der Waals surface area contributed by atoms with Crippen molar-refractivity contribution in [3.63, 3.8) is 0 Å². The first kappa shape index (κ1) is 19.5. The molecule has 0 atom stereocenters. The van der Waals surface area contributed by atoms with Crippen LogP contribution in [0.3, 0.4) is 0 Å². The summed E-state index contributed by atoms with van der Waals surface area (Å²) < 4.78 is 14.5. The Morgan fingerprint density at radius 1 is 0.967 bits per heavy atom. The van der Waals surface area contributed by atoms with Crippen LogP contribution in [0.4, 0.5) is 0 Å². The predicted octanol–water partition coefficient (Wildman–Crippen LogP) is 4.38. The standard InChI is InChI=1S/C23H23BrN4O2/c24-18-7-5-17(6-8-18)15-22-25-23(30-26-22)20-16-28(21-4-2-1-3-19(20)21)10-9-27-11-13-29-14-12-27/h1-8,16H,9-15H2. The summed E-state index contributed by atoms with van der Waals surface area (Å²) in [6.07, 6.45) is 2.79. The van der Waals surface area contributed by atoms with Crippen LogP contribution in [0.25, 0.3) is 22.4 Å². The summed E-state index contributed by atoms with van der Waals surface area (Å²) in [5, 5.41) is 5.35. The monoisotopic (exact) mass is 466 g/mol. The van der Waals surface area contributed by atoms with Gasteiger partial charge in [-0.05, 0) is 23.8 Å². The van der Waals surface area contributed by atoms with Gasteiger partial charge in [-0.25, -0.2) is 0 Å². The average molecular weight is 467 g/mol. The lowest BCUT2D eigenvalue weighted by Gasteiger charge is -2.26. The summed E-state index contributed by atoms with van der Waals surface area (Å²) in [6.45, 7) is 5.55. The van der Waals surface area contributed by atoms with Crippen molar-refractivity contribution in [3.8, 4) is 11.5 Å². The lowest BCUT2D eigenvalue weighted by atomic mass is 10.1. The molecule has 154 valence electrons. The quantitative estimate of drug-likeness (QED) is 0.422. The molecule has 4 aromatic rings. The SMILES string of the molecule is Brc1ccc(Cc2noc(-c3cn(CCN4CCOCC4)c4ccccc34)n2)cc1. The van der Waals surface area contributed by atoms with Crippen molar-refractivity contribution >= 4 is 26.8 Å². The van der Waals surface area contributed by atoms with Gasteiger partial charge in [-0.15, -0.1) is 0 Å². The smallest absolute Gasteiger partial charge is 0.260 e. The van der Waals surface area contributed by atoms with Crippen LogP contribution in [0.2, 0.25) is 0 Å². The minimum atomic E-state index is 0.573. The average Bonchev–Trinajstić information content (AvgIpc) is 3.39. The molecule has 5 rings (SSSR count). The molecule has 7 heteroatoms. The number of hydrogen-bond donors (Lipinski definition) is 0. The van der Waals surface area contributed by atoms with Gasteiger partial charge in [-0.3, -0.25) is 4.90 Å². The van der Waals surface area contributed by atoms with Crippen LogP contribution < -0.4 is 0 Å². The third-order valence-electron chi connectivity index (χ3n) is 5.52. The first-order valence-electron chi connectivity index (χ1n) is 10.2. The first-order chi connectivity index (χ1) is 14.8. The van der Waals surface area contributed by atoms with Gasteiger partial charge >= 0.3 is 0 Å². The minimum Gasteiger partial charge on any atom is -0.379 e. The number of para-hydroxylation sites is 1. The van der Waals surface area contributed by atoms with Crippen molar-refractivity contribution < 1.29 is 9.26 Å². The van der Waals surface area contributed by atoms with E-state index >= 15 is 0 Å². The highest BCUT2D eigenvalue weighted by atomic mass is 79.9. The molecule has 1 aliphatic rings. The Bertz CT molecular complexity index is 1130. The number of hydrogen-bond acceptors (Lipinski definition) is 5. The molecule has 1 saturated heterocycles. The van der Waals surface area contributed by atoms with Crippen molar-refractivity contribution in [2.24, 2.45) is 0 Å². The summed E-state index contributed by atoms with van der Waals surface area (Å²) in [6, 6.07) is 16.6. The molecule has 0 radical (unpaired) electrons. The van der Waals surface area contributed by atoms with Gasteiger partial charge in [0.25, 0.3) is 5.89 Å². The molecule has 0 bridgehead atoms. The third kappa shape index (κ3) is 4.19. The second-order valence-electron chi connectivity index (χ2n) is 7.53. The van der Waals surface area contributed by atoms with Crippen molar-refractivity contribution in [1.82, 2.24) is 19.6 Å². The molecule has 30 heavy (non-hydrogen) atoms. The van der Waals surface area contributed by atoms with E-state index in [1.54, 1.807) is 0 Å². The summed E-state index contributed by atoms with van der Waals surface area (Å²) in [4.78, 5) is 7.13. The van der Waals surface area contributed by atoms with E-state index in [-0.39, 0.29) is 0 Å². The second kappa shape index (κ2) is 8.71. The van der Waals surface area contributed by atoms with Gasteiger partial charge in [-0.2, -0.15) is 4.98 Å². The molecule has 1 fully saturated rings. The summed E-state index contributed by atoms with van der Waals surface area (Å²) in [5.41, 5.74) is 3.33. The van der Waals surface area contributed by atoms with Crippen LogP contribution in [-0.4, -0.2) is 52.5 Å². The van der Waals surface area contributed by atoms with E-state index < -0.39 is 0 Å². The summed E-state index contributed by atoms with van der Waals surface area (Å²) in [7, 11) is 0. The van der Waals surface area contributed by atoms with E-state index in [4.69, 9.17) is 9.26 Å². The molecule has 0 amide bonds. The van der Waals surface area contributed by atoms with Crippen LogP contribution >= 0.6 is 15.9 Å². The minimum absolute atomic E-state index is 0.573. The maximum atomic E-state index is 5.65. The maximum absolute atomic E-state index is 5.65. The number of fused-ring (bicyclic) bond motifs is 1. The molecule has 0 aliphatic carbocycles. The maximum Gasteiger partial charge on any atom is 0.260 e. The van der Waals surface area contributed by atoms with Gasteiger partial charge in [0.2, 0.25) is 0 Å². The van der Waals surface area contributed by atoms with Gasteiger partial charge in [0.05, 0.1) is 18.8 Å². The number of halogens is 1. The fourth-order valence-corrected chi connectivity index (χ4v) is 4.16. The number of ether oxygens (including phenoxy) is 1. The third-order valence-corrected chi connectivity index (χ3v) is 6.05. The van der Waals surface area contributed by atoms with Crippen LogP contribution in [0, 0.1) is 0 Å².